The molecule has 0 N–H and O–H groups in total. The molecule has 8 nitrogen and oxygen atoms in total. The molecule has 42 heavy (non-hydrogen) atoms. The molecule has 3 aromatic carbocycles. The van der Waals surface area contributed by atoms with Crippen LogP contribution in [-0.2, 0) is 6.18 Å². The smallest absolute Gasteiger partial charge is 0.410 e. The number of carbonyl (C=O) groups excluding carboxylic acids is 2. The van der Waals surface area contributed by atoms with Crippen molar-refractivity contribution in [2.24, 2.45) is 0 Å². The molecule has 0 saturated heterocycles. The van der Waals surface area contributed by atoms with E-state index in [9.17, 15) is 28.0 Å². The Morgan fingerprint density at radius 3 is 2.29 bits per heavy atom. The fourth-order valence-electron chi connectivity index (χ4n) is 5.09. The molecule has 0 saturated carbocycles. The highest BCUT2D eigenvalue weighted by Crippen LogP contribution is 2.44. The molecule has 0 fully saturated rings. The minimum atomic E-state index is -4.66. The summed E-state index contributed by atoms with van der Waals surface area (Å²) in [7, 11) is 0. The number of carbonyl (C=O) groups is 2. The van der Waals surface area contributed by atoms with Crippen molar-refractivity contribution in [1.82, 2.24) is 14.7 Å². The monoisotopic (exact) mass is 571 g/mol. The number of hydrogen-bond acceptors (Lipinski definition) is 5. The Kier molecular flexibility index (Phi) is 7.08. The number of rotatable bonds is 4. The second-order valence-electron chi connectivity index (χ2n) is 9.99. The number of amides is 3. The van der Waals surface area contributed by atoms with E-state index in [0.717, 1.165) is 21.9 Å². The van der Waals surface area contributed by atoms with Crippen molar-refractivity contribution in [3.8, 4) is 17.5 Å². The number of anilines is 1. The summed E-state index contributed by atoms with van der Waals surface area (Å²) < 4.78 is 48.1. The summed E-state index contributed by atoms with van der Waals surface area (Å²) in [5.74, 6) is 0.187. The van der Waals surface area contributed by atoms with Crippen molar-refractivity contribution in [1.29, 1.82) is 5.26 Å². The van der Waals surface area contributed by atoms with Gasteiger partial charge in [-0.1, -0.05) is 24.3 Å². The van der Waals surface area contributed by atoms with E-state index in [0.29, 0.717) is 28.2 Å². The van der Waals surface area contributed by atoms with Crippen LogP contribution in [0.15, 0.2) is 96.8 Å². The van der Waals surface area contributed by atoms with Crippen molar-refractivity contribution in [3.63, 3.8) is 0 Å². The maximum atomic E-state index is 14.1. The van der Waals surface area contributed by atoms with Gasteiger partial charge in [0.05, 0.1) is 46.0 Å². The summed E-state index contributed by atoms with van der Waals surface area (Å²) in [6.07, 6.45) is -4.14. The Hall–Kier alpha value is -5.37. The van der Waals surface area contributed by atoms with Crippen molar-refractivity contribution >= 4 is 23.4 Å². The first kappa shape index (κ1) is 28.2. The number of ether oxygens (including phenoxy) is 1. The average Bonchev–Trinajstić information content (AvgIpc) is 3.42. The van der Waals surface area contributed by atoms with E-state index < -0.39 is 29.4 Å². The highest BCUT2D eigenvalue weighted by Gasteiger charge is 2.50. The van der Waals surface area contributed by atoms with Crippen LogP contribution < -0.4 is 9.64 Å². The topological polar surface area (TPSA) is 91.5 Å². The molecular formula is C31H24F3N5O3. The standard InChI is InChI=1S/C31H24F3N5O3/c1-20-27(26-16-17-36-39(26)23-14-12-21(19-35)13-15-23)30(2,3)38(29(41)42-25-10-5-4-6-11-25)28(40)37(20)24-9-7-8-22(18-24)31(32,33)34/h4-18H,1-3H3. The molecule has 0 atom stereocenters. The molecule has 0 unspecified atom stereocenters. The fourth-order valence-corrected chi connectivity index (χ4v) is 5.09. The van der Waals surface area contributed by atoms with Gasteiger partial charge in [-0.25, -0.2) is 19.2 Å². The summed E-state index contributed by atoms with van der Waals surface area (Å²) in [5.41, 5.74) is -0.146. The maximum Gasteiger partial charge on any atom is 0.424 e. The first-order chi connectivity index (χ1) is 19.9. The molecule has 4 aromatic rings. The number of nitrogens with zero attached hydrogens (tertiary/aromatic N) is 5. The quantitative estimate of drug-likeness (QED) is 0.254. The predicted octanol–water partition coefficient (Wildman–Crippen LogP) is 7.41. The van der Waals surface area contributed by atoms with Gasteiger partial charge in [-0.3, -0.25) is 4.90 Å². The molecule has 5 rings (SSSR count). The summed E-state index contributed by atoms with van der Waals surface area (Å²) >= 11 is 0. The summed E-state index contributed by atoms with van der Waals surface area (Å²) in [5, 5.41) is 13.6. The number of alkyl halides is 3. The van der Waals surface area contributed by atoms with Gasteiger partial charge in [0.2, 0.25) is 0 Å². The van der Waals surface area contributed by atoms with Crippen LogP contribution in [0, 0.1) is 11.3 Å². The number of imide groups is 1. The number of aromatic nitrogens is 2. The average molecular weight is 572 g/mol. The van der Waals surface area contributed by atoms with Crippen LogP contribution in [0.2, 0.25) is 0 Å². The molecule has 0 radical (unpaired) electrons. The Morgan fingerprint density at radius 1 is 0.952 bits per heavy atom. The third kappa shape index (κ3) is 4.99. The number of benzene rings is 3. The Labute approximate surface area is 239 Å². The Morgan fingerprint density at radius 2 is 1.64 bits per heavy atom. The van der Waals surface area contributed by atoms with Crippen molar-refractivity contribution < 1.29 is 27.5 Å². The van der Waals surface area contributed by atoms with Crippen LogP contribution in [0.25, 0.3) is 11.3 Å². The van der Waals surface area contributed by atoms with Crippen molar-refractivity contribution in [3.05, 3.63) is 114 Å². The molecule has 212 valence electrons. The zero-order chi connectivity index (χ0) is 30.2. The zero-order valence-electron chi connectivity index (χ0n) is 22.8. The maximum absolute atomic E-state index is 14.1. The normalized spacial score (nSPS) is 15.0. The molecule has 0 bridgehead atoms. The van der Waals surface area contributed by atoms with Crippen molar-refractivity contribution in [2.75, 3.05) is 4.90 Å². The summed E-state index contributed by atoms with van der Waals surface area (Å²) in [6, 6.07) is 22.0. The zero-order valence-corrected chi connectivity index (χ0v) is 22.8. The second kappa shape index (κ2) is 10.6. The first-order valence-corrected chi connectivity index (χ1v) is 12.8. The van der Waals surface area contributed by atoms with E-state index >= 15 is 0 Å². The van der Waals surface area contributed by atoms with E-state index in [1.54, 1.807) is 86.1 Å². The van der Waals surface area contributed by atoms with Gasteiger partial charge in [-0.2, -0.15) is 23.5 Å². The third-order valence-electron chi connectivity index (χ3n) is 6.95. The van der Waals surface area contributed by atoms with Crippen LogP contribution in [0.3, 0.4) is 0 Å². The van der Waals surface area contributed by atoms with E-state index in [1.165, 1.54) is 18.3 Å². The number of para-hydroxylation sites is 1. The molecule has 0 aliphatic carbocycles. The van der Waals surface area contributed by atoms with Gasteiger partial charge in [-0.15, -0.1) is 0 Å². The van der Waals surface area contributed by atoms with Crippen LogP contribution in [0.4, 0.5) is 28.4 Å². The lowest BCUT2D eigenvalue weighted by atomic mass is 9.85. The Bertz CT molecular complexity index is 1740. The largest absolute Gasteiger partial charge is 0.424 e. The van der Waals surface area contributed by atoms with Crippen LogP contribution in [0.1, 0.15) is 37.6 Å². The minimum absolute atomic E-state index is 0.0812. The van der Waals surface area contributed by atoms with E-state index in [1.807, 2.05) is 0 Å². The van der Waals surface area contributed by atoms with Gasteiger partial charge in [0.15, 0.2) is 0 Å². The van der Waals surface area contributed by atoms with Gasteiger partial charge in [0, 0.05) is 11.3 Å². The molecule has 1 aliphatic heterocycles. The summed E-state index contributed by atoms with van der Waals surface area (Å²) in [4.78, 5) is 29.7. The molecule has 11 heteroatoms. The number of allylic oxidation sites excluding steroid dienone is 1. The van der Waals surface area contributed by atoms with Crippen LogP contribution in [0.5, 0.6) is 5.75 Å². The highest BCUT2D eigenvalue weighted by atomic mass is 19.4. The lowest BCUT2D eigenvalue weighted by molar-refractivity contribution is -0.137. The van der Waals surface area contributed by atoms with E-state index in [-0.39, 0.29) is 11.4 Å². The molecule has 3 amide bonds. The number of nitriles is 1. The number of hydrogen-bond donors (Lipinski definition) is 0. The highest BCUT2D eigenvalue weighted by molar-refractivity contribution is 6.09. The van der Waals surface area contributed by atoms with Gasteiger partial charge in [0.25, 0.3) is 0 Å². The van der Waals surface area contributed by atoms with Crippen LogP contribution in [-0.4, -0.2) is 32.3 Å². The van der Waals surface area contributed by atoms with Crippen molar-refractivity contribution in [2.45, 2.75) is 32.5 Å². The van der Waals surface area contributed by atoms with Gasteiger partial charge in [0.1, 0.15) is 5.75 Å². The van der Waals surface area contributed by atoms with Crippen LogP contribution >= 0.6 is 0 Å². The predicted molar refractivity (Wildman–Crippen MR) is 149 cm³/mol. The third-order valence-corrected chi connectivity index (χ3v) is 6.95. The SMILES string of the molecule is CC1=C(c2ccnn2-c2ccc(C#N)cc2)C(C)(C)N(C(=O)Oc2ccccc2)C(=O)N1c1cccc(C(F)(F)F)c1. The second-order valence-corrected chi connectivity index (χ2v) is 9.99. The van der Waals surface area contributed by atoms with E-state index in [4.69, 9.17) is 4.74 Å². The molecular weight excluding hydrogens is 547 g/mol. The molecule has 0 spiro atoms. The van der Waals surface area contributed by atoms with Gasteiger partial charge >= 0.3 is 18.3 Å². The number of halogens is 3. The molecule has 1 aliphatic rings. The lowest BCUT2D eigenvalue weighted by Crippen LogP contribution is -2.61. The Balaban J connectivity index is 1.71. The van der Waals surface area contributed by atoms with E-state index in [2.05, 4.69) is 11.2 Å². The van der Waals surface area contributed by atoms with Gasteiger partial charge in [-0.05, 0) is 81.4 Å². The van der Waals surface area contributed by atoms with Gasteiger partial charge < -0.3 is 4.74 Å². The number of urea groups is 1. The molecule has 2 heterocycles. The first-order valence-electron chi connectivity index (χ1n) is 12.8. The lowest BCUT2D eigenvalue weighted by Gasteiger charge is -2.46. The summed E-state index contributed by atoms with van der Waals surface area (Å²) in [6.45, 7) is 4.90. The minimum Gasteiger partial charge on any atom is -0.410 e. The molecule has 1 aromatic heterocycles. The fraction of sp³-hybridized carbons (Fsp3) is 0.161.